The van der Waals surface area contributed by atoms with Crippen LogP contribution in [0.5, 0.6) is 5.75 Å². The molecule has 0 fully saturated rings. The summed E-state index contributed by atoms with van der Waals surface area (Å²) in [5.74, 6) is 1.09. The molecule has 2 heterocycles. The molecule has 3 aromatic rings. The van der Waals surface area contributed by atoms with Gasteiger partial charge < -0.3 is 10.1 Å². The van der Waals surface area contributed by atoms with Crippen LogP contribution in [-0.4, -0.2) is 39.1 Å². The minimum atomic E-state index is -0.134. The third-order valence-corrected chi connectivity index (χ3v) is 4.23. The van der Waals surface area contributed by atoms with Crippen molar-refractivity contribution < 1.29 is 9.53 Å². The zero-order valence-corrected chi connectivity index (χ0v) is 14.7. The first kappa shape index (κ1) is 16.4. The van der Waals surface area contributed by atoms with Crippen LogP contribution in [0.25, 0.3) is 5.78 Å². The Morgan fingerprint density at radius 2 is 2.25 bits per heavy atom. The Morgan fingerprint density at radius 3 is 3.08 bits per heavy atom. The Bertz CT molecular complexity index is 865. The van der Waals surface area contributed by atoms with E-state index in [1.165, 1.54) is 6.33 Å². The first-order valence-electron chi connectivity index (χ1n) is 7.43. The zero-order chi connectivity index (χ0) is 16.9. The number of hydrogen-bond acceptors (Lipinski definition) is 5. The number of carbonyl (C=O) groups is 1. The van der Waals surface area contributed by atoms with E-state index in [4.69, 9.17) is 4.74 Å². The fraction of sp³-hybridized carbons (Fsp3) is 0.250. The molecule has 24 heavy (non-hydrogen) atoms. The van der Waals surface area contributed by atoms with E-state index in [-0.39, 0.29) is 5.91 Å². The summed E-state index contributed by atoms with van der Waals surface area (Å²) in [7, 11) is 1.57. The number of methoxy groups -OCH3 is 1. The van der Waals surface area contributed by atoms with E-state index in [0.29, 0.717) is 23.6 Å². The monoisotopic (exact) mass is 389 g/mol. The number of hydrogen-bond donors (Lipinski definition) is 1. The second kappa shape index (κ2) is 7.39. The van der Waals surface area contributed by atoms with E-state index in [9.17, 15) is 4.79 Å². The maximum atomic E-state index is 12.3. The maximum absolute atomic E-state index is 12.3. The van der Waals surface area contributed by atoms with E-state index in [1.54, 1.807) is 36.0 Å². The molecule has 0 saturated carbocycles. The molecule has 0 radical (unpaired) electrons. The molecule has 1 aromatic carbocycles. The quantitative estimate of drug-likeness (QED) is 0.653. The van der Waals surface area contributed by atoms with Crippen molar-refractivity contribution in [2.75, 3.05) is 13.7 Å². The van der Waals surface area contributed by atoms with Gasteiger partial charge in [0.25, 0.3) is 11.7 Å². The average Bonchev–Trinajstić information content (AvgIpc) is 3.06. The van der Waals surface area contributed by atoms with Gasteiger partial charge in [-0.05, 0) is 52.5 Å². The topological polar surface area (TPSA) is 81.4 Å². The molecule has 0 saturated heterocycles. The van der Waals surface area contributed by atoms with Gasteiger partial charge in [-0.15, -0.1) is 0 Å². The number of nitrogens with one attached hydrogen (secondary N) is 1. The van der Waals surface area contributed by atoms with Crippen molar-refractivity contribution in [2.45, 2.75) is 12.8 Å². The average molecular weight is 390 g/mol. The molecule has 3 rings (SSSR count). The minimum Gasteiger partial charge on any atom is -0.497 e. The summed E-state index contributed by atoms with van der Waals surface area (Å²) in [4.78, 5) is 20.5. The molecular formula is C16H16BrN5O2. The highest BCUT2D eigenvalue weighted by atomic mass is 79.9. The van der Waals surface area contributed by atoms with Gasteiger partial charge in [-0.2, -0.15) is 10.1 Å². The molecule has 0 aliphatic carbocycles. The van der Waals surface area contributed by atoms with Crippen LogP contribution < -0.4 is 10.1 Å². The predicted octanol–water partition coefficient (Wildman–Crippen LogP) is 2.26. The van der Waals surface area contributed by atoms with Crippen molar-refractivity contribution in [3.63, 3.8) is 0 Å². The number of rotatable bonds is 6. The number of amides is 1. The van der Waals surface area contributed by atoms with E-state index in [2.05, 4.69) is 36.3 Å². The molecule has 0 bridgehead atoms. The summed E-state index contributed by atoms with van der Waals surface area (Å²) in [5.41, 5.74) is 1.60. The van der Waals surface area contributed by atoms with Gasteiger partial charge in [-0.25, -0.2) is 9.50 Å². The number of halogens is 1. The second-order valence-corrected chi connectivity index (χ2v) is 6.03. The van der Waals surface area contributed by atoms with Gasteiger partial charge in [0, 0.05) is 23.4 Å². The smallest absolute Gasteiger partial charge is 0.252 e. The molecule has 0 aliphatic heterocycles. The number of fused-ring (bicyclic) bond motifs is 1. The van der Waals surface area contributed by atoms with E-state index in [0.717, 1.165) is 22.9 Å². The zero-order valence-electron chi connectivity index (χ0n) is 13.1. The van der Waals surface area contributed by atoms with Crippen LogP contribution >= 0.6 is 15.9 Å². The number of aromatic nitrogens is 4. The molecule has 7 nitrogen and oxygen atoms in total. The molecule has 1 N–H and O–H groups in total. The van der Waals surface area contributed by atoms with Crippen molar-refractivity contribution in [1.29, 1.82) is 0 Å². The van der Waals surface area contributed by atoms with Crippen molar-refractivity contribution in [3.05, 3.63) is 52.5 Å². The Balaban J connectivity index is 1.53. The standard InChI is InChI=1S/C16H16BrN5O2/c1-24-12-4-5-14(17)13(7-12)15(23)18-6-2-3-11-8-19-16-20-10-21-22(16)9-11/h4-5,7-10H,2-3,6H2,1H3,(H,18,23). The Labute approximate surface area is 147 Å². The fourth-order valence-corrected chi connectivity index (χ4v) is 2.71. The summed E-state index contributed by atoms with van der Waals surface area (Å²) in [5, 5.41) is 6.97. The number of nitrogens with zero attached hydrogens (tertiary/aromatic N) is 4. The van der Waals surface area contributed by atoms with Gasteiger partial charge in [0.15, 0.2) is 0 Å². The van der Waals surface area contributed by atoms with Gasteiger partial charge >= 0.3 is 0 Å². The molecule has 0 spiro atoms. The number of carbonyl (C=O) groups excluding carboxylic acids is 1. The maximum Gasteiger partial charge on any atom is 0.252 e. The molecule has 1 amide bonds. The Morgan fingerprint density at radius 1 is 1.38 bits per heavy atom. The van der Waals surface area contributed by atoms with Crippen LogP contribution in [0.1, 0.15) is 22.3 Å². The van der Waals surface area contributed by atoms with Crippen molar-refractivity contribution >= 4 is 27.6 Å². The van der Waals surface area contributed by atoms with Crippen LogP contribution in [0, 0.1) is 0 Å². The van der Waals surface area contributed by atoms with E-state index < -0.39 is 0 Å². The van der Waals surface area contributed by atoms with Gasteiger partial charge in [-0.3, -0.25) is 4.79 Å². The molecular weight excluding hydrogens is 374 g/mol. The lowest BCUT2D eigenvalue weighted by Gasteiger charge is -2.08. The molecule has 0 atom stereocenters. The van der Waals surface area contributed by atoms with Gasteiger partial charge in [-0.1, -0.05) is 0 Å². The van der Waals surface area contributed by atoms with Gasteiger partial charge in [0.1, 0.15) is 12.1 Å². The highest BCUT2D eigenvalue weighted by molar-refractivity contribution is 9.10. The lowest BCUT2D eigenvalue weighted by molar-refractivity contribution is 0.0952. The van der Waals surface area contributed by atoms with Crippen LogP contribution in [0.15, 0.2) is 41.4 Å². The first-order chi connectivity index (χ1) is 11.7. The van der Waals surface area contributed by atoms with Gasteiger partial charge in [0.05, 0.1) is 12.7 Å². The minimum absolute atomic E-state index is 0.134. The number of ether oxygens (including phenoxy) is 1. The summed E-state index contributed by atoms with van der Waals surface area (Å²) in [6, 6.07) is 5.31. The van der Waals surface area contributed by atoms with E-state index in [1.807, 2.05) is 6.20 Å². The predicted molar refractivity (Wildman–Crippen MR) is 92.1 cm³/mol. The summed E-state index contributed by atoms with van der Waals surface area (Å²) < 4.78 is 7.53. The van der Waals surface area contributed by atoms with Gasteiger partial charge in [0.2, 0.25) is 0 Å². The highest BCUT2D eigenvalue weighted by Gasteiger charge is 2.10. The van der Waals surface area contributed by atoms with Crippen molar-refractivity contribution in [3.8, 4) is 5.75 Å². The molecule has 0 aliphatic rings. The van der Waals surface area contributed by atoms with Crippen molar-refractivity contribution in [2.24, 2.45) is 0 Å². The summed E-state index contributed by atoms with van der Waals surface area (Å²) in [6.45, 7) is 0.567. The lowest BCUT2D eigenvalue weighted by Crippen LogP contribution is -2.25. The third-order valence-electron chi connectivity index (χ3n) is 3.53. The van der Waals surface area contributed by atoms with Crippen LogP contribution in [0.4, 0.5) is 0 Å². The molecule has 8 heteroatoms. The largest absolute Gasteiger partial charge is 0.497 e. The van der Waals surface area contributed by atoms with Crippen molar-refractivity contribution in [1.82, 2.24) is 24.9 Å². The third kappa shape index (κ3) is 3.70. The summed E-state index contributed by atoms with van der Waals surface area (Å²) >= 11 is 3.38. The number of aryl methyl sites for hydroxylation is 1. The highest BCUT2D eigenvalue weighted by Crippen LogP contribution is 2.22. The SMILES string of the molecule is COc1ccc(Br)c(C(=O)NCCCc2cnc3ncnn3c2)c1. The molecule has 2 aromatic heterocycles. The number of benzene rings is 1. The van der Waals surface area contributed by atoms with Crippen LogP contribution in [-0.2, 0) is 6.42 Å². The van der Waals surface area contributed by atoms with Crippen LogP contribution in [0.2, 0.25) is 0 Å². The first-order valence-corrected chi connectivity index (χ1v) is 8.22. The molecule has 0 unspecified atom stereocenters. The van der Waals surface area contributed by atoms with Crippen LogP contribution in [0.3, 0.4) is 0 Å². The Hall–Kier alpha value is -2.48. The normalized spacial score (nSPS) is 10.8. The second-order valence-electron chi connectivity index (χ2n) is 5.17. The fourth-order valence-electron chi connectivity index (χ4n) is 2.28. The van der Waals surface area contributed by atoms with E-state index >= 15 is 0 Å². The lowest BCUT2D eigenvalue weighted by atomic mass is 10.1. The Kier molecular flexibility index (Phi) is 5.05. The summed E-state index contributed by atoms with van der Waals surface area (Å²) in [6.07, 6.45) is 6.75. The molecule has 124 valence electrons.